The first-order chi connectivity index (χ1) is 6.75. The van der Waals surface area contributed by atoms with Crippen LogP contribution in [0.3, 0.4) is 0 Å². The van der Waals surface area contributed by atoms with E-state index in [2.05, 4.69) is 70.6 Å². The number of nitrogens with one attached hydrogen (secondary N) is 1. The Bertz CT molecular complexity index is 247. The van der Waals surface area contributed by atoms with Crippen molar-refractivity contribution in [3.63, 3.8) is 0 Å². The van der Waals surface area contributed by atoms with E-state index < -0.39 is 15.2 Å². The van der Waals surface area contributed by atoms with Crippen LogP contribution in [0, 0.1) is 0 Å². The zero-order valence-electron chi connectivity index (χ0n) is 12.3. The van der Waals surface area contributed by atoms with Crippen molar-refractivity contribution in [1.82, 2.24) is 9.42 Å². The monoisotopic (exact) mass is 279 g/mol. The van der Waals surface area contributed by atoms with Crippen LogP contribution in [0.4, 0.5) is 0 Å². The Labute approximate surface area is 109 Å². The molecule has 0 bridgehead atoms. The van der Waals surface area contributed by atoms with E-state index in [0.717, 1.165) is 0 Å². The fourth-order valence-corrected chi connectivity index (χ4v) is 9.61. The predicted molar refractivity (Wildman–Crippen MR) is 82.1 cm³/mol. The highest BCUT2D eigenvalue weighted by atomic mass is 32.4. The van der Waals surface area contributed by atoms with E-state index in [1.54, 1.807) is 0 Å². The van der Waals surface area contributed by atoms with Crippen molar-refractivity contribution in [2.75, 3.05) is 0 Å². The lowest BCUT2D eigenvalue weighted by molar-refractivity contribution is 0.150. The molecule has 1 N–H and O–H groups in total. The Morgan fingerprint density at radius 2 is 1.25 bits per heavy atom. The fourth-order valence-electron chi connectivity index (χ4n) is 1.89. The van der Waals surface area contributed by atoms with Gasteiger partial charge in [0.15, 0.2) is 8.24 Å². The lowest BCUT2D eigenvalue weighted by Gasteiger charge is -2.38. The average Bonchev–Trinajstić information content (AvgIpc) is 1.70. The van der Waals surface area contributed by atoms with E-state index in [-0.39, 0.29) is 11.1 Å². The minimum absolute atomic E-state index is 0.109. The summed E-state index contributed by atoms with van der Waals surface area (Å²) in [5, 5.41) is 0. The summed E-state index contributed by atoms with van der Waals surface area (Å²) in [6.07, 6.45) is 0. The van der Waals surface area contributed by atoms with Gasteiger partial charge in [0.05, 0.1) is 11.1 Å². The Morgan fingerprint density at radius 1 is 0.938 bits per heavy atom. The molecule has 0 aromatic rings. The maximum atomic E-state index is 5.72. The van der Waals surface area contributed by atoms with E-state index in [1.165, 1.54) is 0 Å². The van der Waals surface area contributed by atoms with Gasteiger partial charge in [-0.25, -0.2) is 0 Å². The van der Waals surface area contributed by atoms with E-state index in [0.29, 0.717) is 0 Å². The highest BCUT2D eigenvalue weighted by Crippen LogP contribution is 2.40. The summed E-state index contributed by atoms with van der Waals surface area (Å²) in [5.74, 6) is 0. The van der Waals surface area contributed by atoms with Gasteiger partial charge >= 0.3 is 7.00 Å². The molecule has 2 nitrogen and oxygen atoms in total. The van der Waals surface area contributed by atoms with Gasteiger partial charge in [0.2, 0.25) is 11.8 Å². The number of rotatable bonds is 3. The molecule has 0 aliphatic heterocycles. The highest BCUT2D eigenvalue weighted by Gasteiger charge is 2.44. The first-order valence-corrected chi connectivity index (χ1v) is 11.6. The van der Waals surface area contributed by atoms with Gasteiger partial charge in [-0.2, -0.15) is 0 Å². The molecule has 0 heterocycles. The van der Waals surface area contributed by atoms with E-state index in [4.69, 9.17) is 11.8 Å². The van der Waals surface area contributed by atoms with Gasteiger partial charge in [-0.3, -0.25) is 0 Å². The summed E-state index contributed by atoms with van der Waals surface area (Å²) in [6, 6.07) is 0. The van der Waals surface area contributed by atoms with E-state index in [9.17, 15) is 0 Å². The van der Waals surface area contributed by atoms with E-state index >= 15 is 0 Å². The number of hydrogen-bond acceptors (Lipinski definition) is 1. The van der Waals surface area contributed by atoms with Crippen molar-refractivity contribution < 1.29 is 0 Å². The highest BCUT2D eigenvalue weighted by molar-refractivity contribution is 8.03. The Hall–Kier alpha value is 0.657. The lowest BCUT2D eigenvalue weighted by atomic mass is 10.0. The van der Waals surface area contributed by atoms with Crippen molar-refractivity contribution in [1.29, 1.82) is 0 Å². The van der Waals surface area contributed by atoms with Crippen molar-refractivity contribution in [3.05, 3.63) is 0 Å². The molecule has 0 rings (SSSR count). The van der Waals surface area contributed by atoms with Crippen molar-refractivity contribution >= 4 is 27.0 Å². The molecule has 0 aliphatic carbocycles. The van der Waals surface area contributed by atoms with Gasteiger partial charge in [-0.15, -0.1) is 4.75 Å². The Morgan fingerprint density at radius 3 is 1.44 bits per heavy atom. The summed E-state index contributed by atoms with van der Waals surface area (Å²) in [5.41, 5.74) is 0.219. The van der Waals surface area contributed by atoms with Crippen LogP contribution in [-0.2, 0) is 11.8 Å². The second-order valence-corrected chi connectivity index (χ2v) is 14.7. The third kappa shape index (κ3) is 5.83. The van der Waals surface area contributed by atoms with Gasteiger partial charge in [-0.05, 0) is 41.5 Å². The second kappa shape index (κ2) is 5.11. The van der Waals surface area contributed by atoms with Crippen molar-refractivity contribution in [2.45, 2.75) is 72.3 Å². The Balaban J connectivity index is 5.03. The summed E-state index contributed by atoms with van der Waals surface area (Å²) < 4.78 is 6.12. The van der Waals surface area contributed by atoms with E-state index in [1.807, 2.05) is 0 Å². The van der Waals surface area contributed by atoms with Crippen LogP contribution in [0.1, 0.15) is 41.5 Å². The smallest absolute Gasteiger partial charge is 0.145 e. The maximum absolute atomic E-state index is 5.72. The molecule has 5 heteroatoms. The normalized spacial score (nSPS) is 15.5. The van der Waals surface area contributed by atoms with Gasteiger partial charge in [0.25, 0.3) is 0 Å². The van der Waals surface area contributed by atoms with Crippen LogP contribution in [-0.4, -0.2) is 24.0 Å². The Kier molecular flexibility index (Phi) is 5.32. The van der Waals surface area contributed by atoms with Crippen LogP contribution in [0.5, 0.6) is 0 Å². The van der Waals surface area contributed by atoms with Crippen molar-refractivity contribution in [3.8, 4) is 0 Å². The van der Waals surface area contributed by atoms with Crippen LogP contribution in [0.25, 0.3) is 0 Å². The molecule has 0 aromatic carbocycles. The fraction of sp³-hybridized carbons (Fsp3) is 1.00. The molecule has 0 aromatic heterocycles. The molecule has 1 unspecified atom stereocenters. The molecule has 0 spiro atoms. The first-order valence-electron chi connectivity index (χ1n) is 5.80. The third-order valence-electron chi connectivity index (χ3n) is 1.88. The van der Waals surface area contributed by atoms with Crippen molar-refractivity contribution in [2.24, 2.45) is 0 Å². The molecule has 0 saturated heterocycles. The maximum Gasteiger partial charge on any atom is 0.356 e. The molecule has 1 atom stereocenters. The molecular weight excluding hydrogens is 251 g/mol. The van der Waals surface area contributed by atoms with Crippen LogP contribution in [0.15, 0.2) is 0 Å². The number of hydrogen-bond donors (Lipinski definition) is 1. The summed E-state index contributed by atoms with van der Waals surface area (Å²) >= 11 is 5.72. The molecular formula is C11H28N2PSSi+. The summed E-state index contributed by atoms with van der Waals surface area (Å²) in [6.45, 7) is 19.7. The standard InChI is InChI=1S/C11H28N2PSSi/c1-10(2,3)13(11(4,5)6)14(15)12-16(7,8)9/h1-9H3,(H,12,15)/q+1. The predicted octanol–water partition coefficient (Wildman–Crippen LogP) is 4.08. The molecule has 0 radical (unpaired) electrons. The first kappa shape index (κ1) is 16.7. The van der Waals surface area contributed by atoms with Crippen LogP contribution in [0.2, 0.25) is 19.6 Å². The molecule has 16 heavy (non-hydrogen) atoms. The zero-order chi connectivity index (χ0) is 13.4. The van der Waals surface area contributed by atoms with Gasteiger partial charge < -0.3 is 0 Å². The van der Waals surface area contributed by atoms with Crippen LogP contribution >= 0.6 is 7.00 Å². The largest absolute Gasteiger partial charge is 0.356 e. The molecule has 0 saturated carbocycles. The zero-order valence-corrected chi connectivity index (χ0v) is 15.0. The van der Waals surface area contributed by atoms with Gasteiger partial charge in [0, 0.05) is 0 Å². The minimum atomic E-state index is -1.31. The van der Waals surface area contributed by atoms with Crippen LogP contribution < -0.4 is 4.75 Å². The lowest BCUT2D eigenvalue weighted by Crippen LogP contribution is -2.51. The topological polar surface area (TPSA) is 15.3 Å². The molecule has 96 valence electrons. The third-order valence-corrected chi connectivity index (χ3v) is 8.21. The average molecular weight is 279 g/mol. The molecule has 0 aliphatic rings. The summed E-state index contributed by atoms with van der Waals surface area (Å²) in [7, 11) is -1.31. The molecule has 0 fully saturated rings. The van der Waals surface area contributed by atoms with Gasteiger partial charge in [0.1, 0.15) is 0 Å². The number of nitrogens with zero attached hydrogens (tertiary/aromatic N) is 1. The molecule has 0 amide bonds. The van der Waals surface area contributed by atoms with Gasteiger partial charge in [-0.1, -0.05) is 24.3 Å². The second-order valence-electron chi connectivity index (χ2n) is 7.29. The minimum Gasteiger partial charge on any atom is -0.145 e. The summed E-state index contributed by atoms with van der Waals surface area (Å²) in [4.78, 5) is 0. The quantitative estimate of drug-likeness (QED) is 0.619. The SMILES string of the molecule is CC(C)(C)N([P+](=S)N[Si](C)(C)C)C(C)(C)C.